The van der Waals surface area contributed by atoms with E-state index < -0.39 is 14.0 Å². The number of aromatic nitrogens is 2. The number of carbonyl (C=O) groups excluding carboxylic acids is 1. The zero-order chi connectivity index (χ0) is 12.2. The molecule has 1 rings (SSSR count). The zero-order valence-electron chi connectivity index (χ0n) is 9.87. The van der Waals surface area contributed by atoms with Gasteiger partial charge in [0.2, 0.25) is 5.82 Å². The lowest BCUT2D eigenvalue weighted by molar-refractivity contribution is 0.0593. The van der Waals surface area contributed by atoms with Crippen molar-refractivity contribution in [1.82, 2.24) is 9.97 Å². The Labute approximate surface area is 96.1 Å². The first-order chi connectivity index (χ1) is 7.42. The number of rotatable bonds is 1. The van der Waals surface area contributed by atoms with E-state index in [9.17, 15) is 4.79 Å². The van der Waals surface area contributed by atoms with Gasteiger partial charge >= 0.3 is 5.97 Å². The lowest BCUT2D eigenvalue weighted by Crippen LogP contribution is -2.16. The molecule has 0 saturated heterocycles. The maximum absolute atomic E-state index is 11.2. The molecule has 16 heavy (non-hydrogen) atoms. The first kappa shape index (κ1) is 12.4. The van der Waals surface area contributed by atoms with Gasteiger partial charge in [-0.05, 0) is 12.0 Å². The maximum atomic E-state index is 11.2. The number of esters is 1. The number of ether oxygens (including phenoxy) is 1. The van der Waals surface area contributed by atoms with E-state index in [0.29, 0.717) is 5.82 Å². The molecule has 0 aliphatic carbocycles. The lowest BCUT2D eigenvalue weighted by Gasteiger charge is -2.03. The van der Waals surface area contributed by atoms with Gasteiger partial charge in [0.25, 0.3) is 0 Å². The van der Waals surface area contributed by atoms with E-state index in [1.54, 1.807) is 0 Å². The molecule has 84 valence electrons. The molecule has 0 unspecified atom stereocenters. The molecule has 0 spiro atoms. The van der Waals surface area contributed by atoms with Crippen LogP contribution in [0.4, 0.5) is 0 Å². The predicted octanol–water partition coefficient (Wildman–Crippen LogP) is 1.49. The highest BCUT2D eigenvalue weighted by Gasteiger charge is 2.09. The van der Waals surface area contributed by atoms with Gasteiger partial charge in [-0.3, -0.25) is 0 Å². The van der Waals surface area contributed by atoms with Gasteiger partial charge < -0.3 is 4.74 Å². The molecule has 5 heteroatoms. The molecule has 1 heterocycles. The fraction of sp³-hybridized carbons (Fsp3) is 0.364. The summed E-state index contributed by atoms with van der Waals surface area (Å²) in [5, 5.41) is 0. The molecule has 0 saturated carbocycles. The van der Waals surface area contributed by atoms with Gasteiger partial charge in [0.15, 0.2) is 5.69 Å². The molecule has 1 aromatic rings. The van der Waals surface area contributed by atoms with Gasteiger partial charge in [-0.25, -0.2) is 14.8 Å². The van der Waals surface area contributed by atoms with Crippen LogP contribution in [0.3, 0.4) is 0 Å². The minimum Gasteiger partial charge on any atom is -0.464 e. The average Bonchev–Trinajstić information content (AvgIpc) is 2.25. The van der Waals surface area contributed by atoms with Crippen molar-refractivity contribution in [2.75, 3.05) is 7.11 Å². The van der Waals surface area contributed by atoms with E-state index in [1.807, 2.05) is 0 Å². The molecule has 0 bridgehead atoms. The minimum atomic E-state index is -1.45. The normalized spacial score (nSPS) is 10.2. The zero-order valence-corrected chi connectivity index (χ0v) is 10.9. The molecule has 0 aliphatic rings. The highest BCUT2D eigenvalue weighted by atomic mass is 28.3. The van der Waals surface area contributed by atoms with Gasteiger partial charge in [0.05, 0.1) is 7.11 Å². The number of nitrogens with zero attached hydrogens (tertiary/aromatic N) is 2. The Morgan fingerprint density at radius 2 is 2.12 bits per heavy atom. The van der Waals surface area contributed by atoms with E-state index in [4.69, 9.17) is 0 Å². The minimum absolute atomic E-state index is 0.234. The second kappa shape index (κ2) is 4.90. The quantitative estimate of drug-likeness (QED) is 0.420. The van der Waals surface area contributed by atoms with Crippen LogP contribution < -0.4 is 0 Å². The smallest absolute Gasteiger partial charge is 0.356 e. The number of hydrogen-bond acceptors (Lipinski definition) is 4. The van der Waals surface area contributed by atoms with Gasteiger partial charge in [-0.2, -0.15) is 0 Å². The van der Waals surface area contributed by atoms with Crippen LogP contribution in [0.1, 0.15) is 16.3 Å². The number of methoxy groups -OCH3 is 1. The largest absolute Gasteiger partial charge is 0.464 e. The summed E-state index contributed by atoms with van der Waals surface area (Å²) in [5.41, 5.74) is 3.37. The monoisotopic (exact) mass is 234 g/mol. The van der Waals surface area contributed by atoms with Crippen LogP contribution in [-0.2, 0) is 4.74 Å². The summed E-state index contributed by atoms with van der Waals surface area (Å²) in [6, 6.07) is 1.51. The molecule has 0 fully saturated rings. The third-order valence-corrected chi connectivity index (χ3v) is 2.47. The third-order valence-electron chi connectivity index (χ3n) is 1.60. The van der Waals surface area contributed by atoms with Crippen molar-refractivity contribution < 1.29 is 9.53 Å². The fourth-order valence-corrected chi connectivity index (χ4v) is 1.37. The third kappa shape index (κ3) is 3.83. The second-order valence-corrected chi connectivity index (χ2v) is 9.01. The van der Waals surface area contributed by atoms with Crippen molar-refractivity contribution in [3.8, 4) is 11.5 Å². The Morgan fingerprint density at radius 1 is 1.44 bits per heavy atom. The Hall–Kier alpha value is -1.67. The van der Waals surface area contributed by atoms with Crippen molar-refractivity contribution >= 4 is 14.0 Å². The average molecular weight is 234 g/mol. The Morgan fingerprint density at radius 3 is 2.69 bits per heavy atom. The molecule has 4 nitrogen and oxygen atoms in total. The molecule has 0 atom stereocenters. The van der Waals surface area contributed by atoms with Crippen LogP contribution >= 0.6 is 0 Å². The van der Waals surface area contributed by atoms with Gasteiger partial charge in [-0.15, -0.1) is 5.54 Å². The van der Waals surface area contributed by atoms with E-state index in [2.05, 4.69) is 45.8 Å². The molecular formula is C11H14N2O2Si. The van der Waals surface area contributed by atoms with E-state index >= 15 is 0 Å². The van der Waals surface area contributed by atoms with Crippen LogP contribution in [0.15, 0.2) is 12.3 Å². The molecule has 1 aromatic heterocycles. The molecular weight excluding hydrogens is 220 g/mol. The SMILES string of the molecule is COC(=O)c1ccnc(C#C[Si](C)(C)C)n1. The van der Waals surface area contributed by atoms with Crippen LogP contribution in [0.25, 0.3) is 0 Å². The van der Waals surface area contributed by atoms with Crippen LogP contribution in [0, 0.1) is 11.5 Å². The molecule has 0 N–H and O–H groups in total. The predicted molar refractivity (Wildman–Crippen MR) is 63.6 cm³/mol. The van der Waals surface area contributed by atoms with Crippen molar-refractivity contribution in [2.45, 2.75) is 19.6 Å². The topological polar surface area (TPSA) is 52.1 Å². The summed E-state index contributed by atoms with van der Waals surface area (Å²) >= 11 is 0. The van der Waals surface area contributed by atoms with E-state index in [-0.39, 0.29) is 5.69 Å². The van der Waals surface area contributed by atoms with E-state index in [1.165, 1.54) is 19.4 Å². The molecule has 0 aromatic carbocycles. The first-order valence-electron chi connectivity index (χ1n) is 4.87. The summed E-state index contributed by atoms with van der Waals surface area (Å²) < 4.78 is 4.57. The highest BCUT2D eigenvalue weighted by molar-refractivity contribution is 6.83. The maximum Gasteiger partial charge on any atom is 0.356 e. The summed E-state index contributed by atoms with van der Waals surface area (Å²) in [5.74, 6) is 2.78. The summed E-state index contributed by atoms with van der Waals surface area (Å²) in [4.78, 5) is 19.2. The van der Waals surface area contributed by atoms with Crippen molar-refractivity contribution in [3.05, 3.63) is 23.8 Å². The van der Waals surface area contributed by atoms with Gasteiger partial charge in [0.1, 0.15) is 8.07 Å². The van der Waals surface area contributed by atoms with Gasteiger partial charge in [0, 0.05) is 6.20 Å². The fourth-order valence-electron chi connectivity index (χ4n) is 0.881. The van der Waals surface area contributed by atoms with Crippen molar-refractivity contribution in [3.63, 3.8) is 0 Å². The van der Waals surface area contributed by atoms with Crippen molar-refractivity contribution in [2.24, 2.45) is 0 Å². The second-order valence-electron chi connectivity index (χ2n) is 4.26. The van der Waals surface area contributed by atoms with Crippen LogP contribution in [0.2, 0.25) is 19.6 Å². The highest BCUT2D eigenvalue weighted by Crippen LogP contribution is 1.99. The van der Waals surface area contributed by atoms with Gasteiger partial charge in [-0.1, -0.05) is 19.6 Å². The first-order valence-corrected chi connectivity index (χ1v) is 8.37. The number of carbonyl (C=O) groups is 1. The molecule has 0 radical (unpaired) electrons. The Kier molecular flexibility index (Phi) is 3.80. The molecule has 0 aliphatic heterocycles. The molecule has 0 amide bonds. The Balaban J connectivity index is 2.99. The summed E-state index contributed by atoms with van der Waals surface area (Å²) in [6.45, 7) is 6.39. The number of hydrogen-bond donors (Lipinski definition) is 0. The lowest BCUT2D eigenvalue weighted by atomic mass is 10.4. The summed E-state index contributed by atoms with van der Waals surface area (Å²) in [6.07, 6.45) is 1.51. The van der Waals surface area contributed by atoms with Crippen LogP contribution in [0.5, 0.6) is 0 Å². The van der Waals surface area contributed by atoms with Crippen LogP contribution in [-0.4, -0.2) is 31.1 Å². The van der Waals surface area contributed by atoms with Crippen molar-refractivity contribution in [1.29, 1.82) is 0 Å². The standard InChI is InChI=1S/C11H14N2O2Si/c1-15-11(14)9-5-7-12-10(13-9)6-8-16(2,3)4/h5,7H,1-4H3. The van der Waals surface area contributed by atoms with E-state index in [0.717, 1.165) is 0 Å². The summed E-state index contributed by atoms with van der Waals surface area (Å²) in [7, 11) is -0.133. The Bertz CT molecular complexity index is 455.